The summed E-state index contributed by atoms with van der Waals surface area (Å²) in [5.74, 6) is 1.54. The third-order valence-corrected chi connectivity index (χ3v) is 3.98. The van der Waals surface area contributed by atoms with E-state index >= 15 is 0 Å². The Morgan fingerprint density at radius 3 is 2.83 bits per heavy atom. The van der Waals surface area contributed by atoms with E-state index in [9.17, 15) is 0 Å². The van der Waals surface area contributed by atoms with Gasteiger partial charge in [0.05, 0.1) is 6.54 Å². The van der Waals surface area contributed by atoms with Crippen LogP contribution in [0.3, 0.4) is 0 Å². The maximum atomic E-state index is 5.93. The van der Waals surface area contributed by atoms with Crippen LogP contribution in [0.1, 0.15) is 23.1 Å². The van der Waals surface area contributed by atoms with E-state index in [4.69, 9.17) is 11.6 Å². The minimum absolute atomic E-state index is 0.537. The molecule has 2 aromatic heterocycles. The minimum Gasteiger partial charge on any atom is -0.355 e. The van der Waals surface area contributed by atoms with Crippen LogP contribution in [-0.2, 0) is 18.8 Å². The Hall–Kier alpha value is -1.06. The van der Waals surface area contributed by atoms with Gasteiger partial charge in [-0.25, -0.2) is 4.98 Å². The Balaban J connectivity index is 2.20. The fraction of sp³-hybridized carbons (Fsp3) is 0.357. The molecule has 0 aliphatic carbocycles. The molecule has 0 spiro atoms. The van der Waals surface area contributed by atoms with E-state index in [0.29, 0.717) is 5.88 Å². The molecule has 0 atom stereocenters. The molecule has 0 aliphatic heterocycles. The number of anilines is 1. The average Bonchev–Trinajstić information content (AvgIpc) is 2.90. The molecule has 0 aromatic carbocycles. The van der Waals surface area contributed by atoms with Gasteiger partial charge in [-0.05, 0) is 35.6 Å². The number of aryl methyl sites for hydroxylation is 1. The zero-order chi connectivity index (χ0) is 13.0. The first-order valence-electron chi connectivity index (χ1n) is 6.02. The number of halogens is 1. The minimum atomic E-state index is 0.537. The van der Waals surface area contributed by atoms with Crippen LogP contribution in [0, 0.1) is 0 Å². The molecule has 96 valence electrons. The van der Waals surface area contributed by atoms with Crippen LogP contribution in [0.4, 0.5) is 5.82 Å². The molecule has 0 N–H and O–H groups in total. The lowest BCUT2D eigenvalue weighted by atomic mass is 10.2. The van der Waals surface area contributed by atoms with Crippen LogP contribution >= 0.6 is 22.9 Å². The molecule has 0 aliphatic rings. The van der Waals surface area contributed by atoms with Gasteiger partial charge in [-0.15, -0.1) is 22.9 Å². The monoisotopic (exact) mass is 280 g/mol. The molecule has 0 saturated carbocycles. The van der Waals surface area contributed by atoms with Crippen molar-refractivity contribution in [1.29, 1.82) is 0 Å². The van der Waals surface area contributed by atoms with Crippen molar-refractivity contribution >= 4 is 28.8 Å². The summed E-state index contributed by atoms with van der Waals surface area (Å²) in [5, 5.41) is 2.10. The molecule has 18 heavy (non-hydrogen) atoms. The molecular weight excluding hydrogens is 264 g/mol. The van der Waals surface area contributed by atoms with Gasteiger partial charge in [-0.2, -0.15) is 0 Å². The zero-order valence-corrected chi connectivity index (χ0v) is 12.3. The molecule has 2 heterocycles. The standard InChI is InChI=1S/C14H17ClN2S/c1-3-12-7-11(9-15)8-14(16-12)17(2)10-13-5-4-6-18-13/h4-8H,3,9-10H2,1-2H3. The van der Waals surface area contributed by atoms with E-state index in [0.717, 1.165) is 30.0 Å². The Labute approximate surface area is 117 Å². The Morgan fingerprint density at radius 1 is 1.39 bits per heavy atom. The highest BCUT2D eigenvalue weighted by molar-refractivity contribution is 7.09. The van der Waals surface area contributed by atoms with Crippen molar-refractivity contribution < 1.29 is 0 Å². The van der Waals surface area contributed by atoms with Crippen molar-refractivity contribution in [2.45, 2.75) is 25.8 Å². The lowest BCUT2D eigenvalue weighted by Gasteiger charge is -2.19. The fourth-order valence-electron chi connectivity index (χ4n) is 1.80. The van der Waals surface area contributed by atoms with Gasteiger partial charge in [0.2, 0.25) is 0 Å². The first kappa shape index (κ1) is 13.4. The van der Waals surface area contributed by atoms with Crippen LogP contribution < -0.4 is 4.90 Å². The first-order valence-corrected chi connectivity index (χ1v) is 7.43. The normalized spacial score (nSPS) is 10.6. The highest BCUT2D eigenvalue weighted by Crippen LogP contribution is 2.19. The van der Waals surface area contributed by atoms with Crippen LogP contribution in [0.25, 0.3) is 0 Å². The smallest absolute Gasteiger partial charge is 0.129 e. The number of nitrogens with zero attached hydrogens (tertiary/aromatic N) is 2. The van der Waals surface area contributed by atoms with Gasteiger partial charge in [0.25, 0.3) is 0 Å². The third-order valence-electron chi connectivity index (χ3n) is 2.81. The molecule has 0 fully saturated rings. The van der Waals surface area contributed by atoms with Gasteiger partial charge in [0.15, 0.2) is 0 Å². The van der Waals surface area contributed by atoms with Crippen molar-refractivity contribution in [3.05, 3.63) is 45.8 Å². The van der Waals surface area contributed by atoms with Gasteiger partial charge in [-0.1, -0.05) is 13.0 Å². The summed E-state index contributed by atoms with van der Waals surface area (Å²) in [4.78, 5) is 8.16. The second-order valence-corrected chi connectivity index (χ2v) is 5.55. The molecule has 0 bridgehead atoms. The molecule has 4 heteroatoms. The summed E-state index contributed by atoms with van der Waals surface area (Å²) in [5.41, 5.74) is 2.23. The molecule has 0 saturated heterocycles. The quantitative estimate of drug-likeness (QED) is 0.767. The van der Waals surface area contributed by atoms with Gasteiger partial charge < -0.3 is 4.90 Å². The molecule has 0 amide bonds. The average molecular weight is 281 g/mol. The van der Waals surface area contributed by atoms with Crippen LogP contribution in [0.15, 0.2) is 29.6 Å². The summed E-state index contributed by atoms with van der Waals surface area (Å²) >= 11 is 7.70. The SMILES string of the molecule is CCc1cc(CCl)cc(N(C)Cc2cccs2)n1. The largest absolute Gasteiger partial charge is 0.355 e. The Bertz CT molecular complexity index is 474. The number of hydrogen-bond acceptors (Lipinski definition) is 3. The lowest BCUT2D eigenvalue weighted by Crippen LogP contribution is -2.17. The van der Waals surface area contributed by atoms with E-state index < -0.39 is 0 Å². The fourth-order valence-corrected chi connectivity index (χ4v) is 2.72. The predicted octanol–water partition coefficient (Wildman–Crippen LogP) is 4.08. The molecule has 0 radical (unpaired) electrons. The maximum absolute atomic E-state index is 5.93. The van der Waals surface area contributed by atoms with Crippen molar-refractivity contribution in [2.75, 3.05) is 11.9 Å². The number of pyridine rings is 1. The van der Waals surface area contributed by atoms with Crippen molar-refractivity contribution in [3.63, 3.8) is 0 Å². The predicted molar refractivity (Wildman–Crippen MR) is 79.6 cm³/mol. The van der Waals surface area contributed by atoms with Gasteiger partial charge in [-0.3, -0.25) is 0 Å². The second-order valence-electron chi connectivity index (χ2n) is 4.25. The zero-order valence-electron chi connectivity index (χ0n) is 10.7. The van der Waals surface area contributed by atoms with Gasteiger partial charge >= 0.3 is 0 Å². The number of aromatic nitrogens is 1. The summed E-state index contributed by atoms with van der Waals surface area (Å²) in [6.07, 6.45) is 0.935. The lowest BCUT2D eigenvalue weighted by molar-refractivity contribution is 0.891. The maximum Gasteiger partial charge on any atom is 0.129 e. The number of alkyl halides is 1. The summed E-state index contributed by atoms with van der Waals surface area (Å²) in [6.45, 7) is 3.00. The topological polar surface area (TPSA) is 16.1 Å². The van der Waals surface area contributed by atoms with Crippen LogP contribution in [0.2, 0.25) is 0 Å². The number of hydrogen-bond donors (Lipinski definition) is 0. The highest BCUT2D eigenvalue weighted by Gasteiger charge is 2.07. The molecular formula is C14H17ClN2S. The molecule has 2 rings (SSSR count). The highest BCUT2D eigenvalue weighted by atomic mass is 35.5. The number of rotatable bonds is 5. The van der Waals surface area contributed by atoms with Gasteiger partial charge in [0.1, 0.15) is 5.82 Å². The van der Waals surface area contributed by atoms with Crippen molar-refractivity contribution in [2.24, 2.45) is 0 Å². The van der Waals surface area contributed by atoms with Crippen LogP contribution in [-0.4, -0.2) is 12.0 Å². The van der Waals surface area contributed by atoms with E-state index in [1.807, 2.05) is 0 Å². The number of thiophene rings is 1. The van der Waals surface area contributed by atoms with Crippen molar-refractivity contribution in [3.8, 4) is 0 Å². The van der Waals surface area contributed by atoms with E-state index in [-0.39, 0.29) is 0 Å². The summed E-state index contributed by atoms with van der Waals surface area (Å²) in [6, 6.07) is 8.37. The van der Waals surface area contributed by atoms with E-state index in [1.54, 1.807) is 11.3 Å². The molecule has 2 aromatic rings. The molecule has 0 unspecified atom stereocenters. The van der Waals surface area contributed by atoms with Crippen LogP contribution in [0.5, 0.6) is 0 Å². The Kier molecular flexibility index (Phi) is 4.61. The summed E-state index contributed by atoms with van der Waals surface area (Å²) in [7, 11) is 2.07. The van der Waals surface area contributed by atoms with E-state index in [1.165, 1.54) is 4.88 Å². The first-order chi connectivity index (χ1) is 8.72. The molecule has 2 nitrogen and oxygen atoms in total. The Morgan fingerprint density at radius 2 is 2.22 bits per heavy atom. The third kappa shape index (κ3) is 3.24. The second kappa shape index (κ2) is 6.21. The van der Waals surface area contributed by atoms with E-state index in [2.05, 4.69) is 53.5 Å². The van der Waals surface area contributed by atoms with Gasteiger partial charge in [0, 0.05) is 23.5 Å². The van der Waals surface area contributed by atoms with Crippen molar-refractivity contribution in [1.82, 2.24) is 4.98 Å². The summed E-state index contributed by atoms with van der Waals surface area (Å²) < 4.78 is 0.